The van der Waals surface area contributed by atoms with Crippen molar-refractivity contribution in [1.29, 1.82) is 0 Å². The molecule has 1 fully saturated rings. The lowest BCUT2D eigenvalue weighted by molar-refractivity contribution is -0.143. The van der Waals surface area contributed by atoms with Gasteiger partial charge in [-0.25, -0.2) is 4.39 Å². The molecule has 6 heteroatoms. The van der Waals surface area contributed by atoms with E-state index in [9.17, 15) is 14.0 Å². The van der Waals surface area contributed by atoms with Crippen LogP contribution in [0.2, 0.25) is 0 Å². The Kier molecular flexibility index (Phi) is 8.01. The number of halogens is 1. The standard InChI is InChI=1S/C29H33FN2O2S/c1-4-21(3)32(29(34)26-16-25(26)23-8-6-5-7-9-23)19-28(33)31(18-27-20(2)14-15-35-27)17-22-10-12-24(30)13-11-22/h5-15,21,25-26H,4,16-19H2,1-3H3. The van der Waals surface area contributed by atoms with E-state index in [4.69, 9.17) is 0 Å². The fourth-order valence-corrected chi connectivity index (χ4v) is 5.37. The average Bonchev–Trinajstić information content (AvgIpc) is 3.58. The second-order valence-electron chi connectivity index (χ2n) is 9.49. The Morgan fingerprint density at radius 2 is 1.77 bits per heavy atom. The quantitative estimate of drug-likeness (QED) is 0.340. The van der Waals surface area contributed by atoms with Gasteiger partial charge in [0.15, 0.2) is 0 Å². The van der Waals surface area contributed by atoms with Crippen LogP contribution in [0.3, 0.4) is 0 Å². The molecule has 0 radical (unpaired) electrons. The van der Waals surface area contributed by atoms with Crippen LogP contribution >= 0.6 is 11.3 Å². The molecule has 1 saturated carbocycles. The van der Waals surface area contributed by atoms with E-state index in [1.54, 1.807) is 33.3 Å². The summed E-state index contributed by atoms with van der Waals surface area (Å²) in [6.07, 6.45) is 1.61. The van der Waals surface area contributed by atoms with Gasteiger partial charge < -0.3 is 9.80 Å². The van der Waals surface area contributed by atoms with Crippen molar-refractivity contribution < 1.29 is 14.0 Å². The molecule has 4 rings (SSSR count). The summed E-state index contributed by atoms with van der Waals surface area (Å²) in [5, 5.41) is 2.02. The molecular formula is C29H33FN2O2S. The zero-order valence-corrected chi connectivity index (χ0v) is 21.4. The lowest BCUT2D eigenvalue weighted by Gasteiger charge is -2.31. The zero-order valence-electron chi connectivity index (χ0n) is 20.6. The van der Waals surface area contributed by atoms with Gasteiger partial charge in [-0.3, -0.25) is 9.59 Å². The van der Waals surface area contributed by atoms with E-state index in [0.717, 1.165) is 28.8 Å². The van der Waals surface area contributed by atoms with Gasteiger partial charge in [0.05, 0.1) is 6.54 Å². The first-order chi connectivity index (χ1) is 16.9. The lowest BCUT2D eigenvalue weighted by Crippen LogP contribution is -2.47. The van der Waals surface area contributed by atoms with Crippen molar-refractivity contribution >= 4 is 23.2 Å². The lowest BCUT2D eigenvalue weighted by atomic mass is 10.1. The zero-order chi connectivity index (χ0) is 24.9. The van der Waals surface area contributed by atoms with Crippen molar-refractivity contribution in [2.75, 3.05) is 6.54 Å². The summed E-state index contributed by atoms with van der Waals surface area (Å²) in [5.41, 5.74) is 3.19. The normalized spacial score (nSPS) is 17.6. The molecule has 1 aliphatic rings. The molecule has 1 aromatic heterocycles. The summed E-state index contributed by atoms with van der Waals surface area (Å²) >= 11 is 1.62. The van der Waals surface area contributed by atoms with Crippen LogP contribution in [0, 0.1) is 18.7 Å². The number of amides is 2. The van der Waals surface area contributed by atoms with Crippen LogP contribution < -0.4 is 0 Å². The van der Waals surface area contributed by atoms with Crippen molar-refractivity contribution in [3.05, 3.63) is 93.4 Å². The molecule has 3 aromatic rings. The van der Waals surface area contributed by atoms with Crippen LogP contribution in [0.5, 0.6) is 0 Å². The maximum absolute atomic E-state index is 13.6. The number of hydrogen-bond acceptors (Lipinski definition) is 3. The van der Waals surface area contributed by atoms with Gasteiger partial charge in [0.25, 0.3) is 0 Å². The summed E-state index contributed by atoms with van der Waals surface area (Å²) in [6.45, 7) is 6.99. The highest BCUT2D eigenvalue weighted by molar-refractivity contribution is 7.10. The maximum Gasteiger partial charge on any atom is 0.242 e. The number of rotatable bonds is 10. The van der Waals surface area contributed by atoms with Crippen LogP contribution in [0.4, 0.5) is 4.39 Å². The van der Waals surface area contributed by atoms with Gasteiger partial charge in [-0.05, 0) is 72.9 Å². The second kappa shape index (κ2) is 11.2. The van der Waals surface area contributed by atoms with Crippen LogP contribution in [-0.2, 0) is 22.7 Å². The third kappa shape index (κ3) is 6.17. The predicted molar refractivity (Wildman–Crippen MR) is 138 cm³/mol. The highest BCUT2D eigenvalue weighted by Crippen LogP contribution is 2.48. The maximum atomic E-state index is 13.6. The monoisotopic (exact) mass is 492 g/mol. The predicted octanol–water partition coefficient (Wildman–Crippen LogP) is 6.16. The minimum Gasteiger partial charge on any atom is -0.332 e. The number of nitrogens with zero attached hydrogens (tertiary/aromatic N) is 2. The molecule has 4 nitrogen and oxygen atoms in total. The summed E-state index contributed by atoms with van der Waals surface area (Å²) in [5.74, 6) is -0.159. The van der Waals surface area contributed by atoms with Crippen molar-refractivity contribution in [1.82, 2.24) is 9.80 Å². The van der Waals surface area contributed by atoms with E-state index in [2.05, 4.69) is 12.1 Å². The third-order valence-corrected chi connectivity index (χ3v) is 8.00. The Labute approximate surface area is 211 Å². The number of carbonyl (C=O) groups excluding carboxylic acids is 2. The molecule has 184 valence electrons. The van der Waals surface area contributed by atoms with Gasteiger partial charge in [0.1, 0.15) is 12.4 Å². The minimum absolute atomic E-state index is 0.0281. The largest absolute Gasteiger partial charge is 0.332 e. The smallest absolute Gasteiger partial charge is 0.242 e. The fraction of sp³-hybridized carbons (Fsp3) is 0.379. The Bertz CT molecular complexity index is 1150. The van der Waals surface area contributed by atoms with Gasteiger partial charge in [0.2, 0.25) is 11.8 Å². The molecule has 35 heavy (non-hydrogen) atoms. The highest BCUT2D eigenvalue weighted by Gasteiger charge is 2.46. The number of benzene rings is 2. The first-order valence-electron chi connectivity index (χ1n) is 12.3. The molecule has 1 aliphatic carbocycles. The Morgan fingerprint density at radius 1 is 1.06 bits per heavy atom. The molecule has 0 aliphatic heterocycles. The Balaban J connectivity index is 1.51. The van der Waals surface area contributed by atoms with E-state index in [-0.39, 0.29) is 42.1 Å². The van der Waals surface area contributed by atoms with Gasteiger partial charge in [-0.1, -0.05) is 49.4 Å². The number of aryl methyl sites for hydroxylation is 1. The van der Waals surface area contributed by atoms with E-state index in [0.29, 0.717) is 13.1 Å². The third-order valence-electron chi connectivity index (χ3n) is 6.99. The molecule has 2 aromatic carbocycles. The summed E-state index contributed by atoms with van der Waals surface area (Å²) < 4.78 is 13.4. The topological polar surface area (TPSA) is 40.6 Å². The van der Waals surface area contributed by atoms with Crippen LogP contribution in [0.25, 0.3) is 0 Å². The Hall–Kier alpha value is -2.99. The van der Waals surface area contributed by atoms with Gasteiger partial charge in [-0.15, -0.1) is 11.3 Å². The van der Waals surface area contributed by atoms with Crippen molar-refractivity contribution in [2.24, 2.45) is 5.92 Å². The molecule has 0 saturated heterocycles. The highest BCUT2D eigenvalue weighted by atomic mass is 32.1. The number of thiophene rings is 1. The summed E-state index contributed by atoms with van der Waals surface area (Å²) in [7, 11) is 0. The van der Waals surface area contributed by atoms with E-state index in [1.165, 1.54) is 17.7 Å². The summed E-state index contributed by atoms with van der Waals surface area (Å²) in [6, 6.07) is 18.4. The molecule has 3 unspecified atom stereocenters. The molecule has 0 spiro atoms. The molecule has 0 bridgehead atoms. The van der Waals surface area contributed by atoms with Gasteiger partial charge in [-0.2, -0.15) is 0 Å². The number of carbonyl (C=O) groups is 2. The molecule has 2 amide bonds. The van der Waals surface area contributed by atoms with Crippen molar-refractivity contribution in [3.8, 4) is 0 Å². The molecule has 0 N–H and O–H groups in total. The SMILES string of the molecule is CCC(C)N(CC(=O)N(Cc1ccc(F)cc1)Cc1sccc1C)C(=O)C1CC1c1ccccc1. The van der Waals surface area contributed by atoms with Crippen LogP contribution in [0.1, 0.15) is 54.2 Å². The first-order valence-corrected chi connectivity index (χ1v) is 13.2. The van der Waals surface area contributed by atoms with Crippen LogP contribution in [0.15, 0.2) is 66.0 Å². The fourth-order valence-electron chi connectivity index (χ4n) is 4.45. The van der Waals surface area contributed by atoms with Crippen LogP contribution in [-0.4, -0.2) is 34.2 Å². The minimum atomic E-state index is -0.299. The van der Waals surface area contributed by atoms with Gasteiger partial charge in [0, 0.05) is 23.4 Å². The Morgan fingerprint density at radius 3 is 2.40 bits per heavy atom. The van der Waals surface area contributed by atoms with E-state index >= 15 is 0 Å². The molecule has 1 heterocycles. The van der Waals surface area contributed by atoms with E-state index < -0.39 is 0 Å². The number of hydrogen-bond donors (Lipinski definition) is 0. The average molecular weight is 493 g/mol. The van der Waals surface area contributed by atoms with Crippen molar-refractivity contribution in [3.63, 3.8) is 0 Å². The molecular weight excluding hydrogens is 459 g/mol. The van der Waals surface area contributed by atoms with Crippen molar-refractivity contribution in [2.45, 2.75) is 58.7 Å². The first kappa shape index (κ1) is 25.1. The molecule has 3 atom stereocenters. The summed E-state index contributed by atoms with van der Waals surface area (Å²) in [4.78, 5) is 31.9. The van der Waals surface area contributed by atoms with E-state index in [1.807, 2.05) is 50.4 Å². The second-order valence-corrected chi connectivity index (χ2v) is 10.5. The van der Waals surface area contributed by atoms with Gasteiger partial charge >= 0.3 is 0 Å².